The van der Waals surface area contributed by atoms with Crippen LogP contribution < -0.4 is 11.1 Å². The lowest BCUT2D eigenvalue weighted by Gasteiger charge is -2.10. The fraction of sp³-hybridized carbons (Fsp3) is 0. The molecule has 0 atom stereocenters. The number of amides is 1. The van der Waals surface area contributed by atoms with Crippen LogP contribution in [0.15, 0.2) is 36.4 Å². The Morgan fingerprint density at radius 1 is 1.21 bits per heavy atom. The van der Waals surface area contributed by atoms with Gasteiger partial charge in [0.1, 0.15) is 5.82 Å². The molecule has 3 N–H and O–H groups in total. The zero-order chi connectivity index (χ0) is 14.0. The van der Waals surface area contributed by atoms with E-state index in [0.717, 1.165) is 0 Å². The van der Waals surface area contributed by atoms with Gasteiger partial charge in [0.15, 0.2) is 0 Å². The van der Waals surface area contributed by atoms with Gasteiger partial charge in [0.05, 0.1) is 16.3 Å². The van der Waals surface area contributed by atoms with Crippen LogP contribution in [0.2, 0.25) is 10.0 Å². The summed E-state index contributed by atoms with van der Waals surface area (Å²) >= 11 is 11.6. The number of carbonyl (C=O) groups excluding carboxylic acids is 1. The van der Waals surface area contributed by atoms with Crippen LogP contribution in [0.3, 0.4) is 0 Å². The highest BCUT2D eigenvalue weighted by molar-refractivity contribution is 6.34. The molecule has 0 saturated carbocycles. The number of carbonyl (C=O) groups is 1. The molecule has 0 aromatic heterocycles. The maximum atomic E-state index is 13.5. The largest absolute Gasteiger partial charge is 0.398 e. The van der Waals surface area contributed by atoms with Gasteiger partial charge in [-0.1, -0.05) is 29.3 Å². The van der Waals surface area contributed by atoms with Crippen molar-refractivity contribution in [1.29, 1.82) is 0 Å². The minimum Gasteiger partial charge on any atom is -0.398 e. The van der Waals surface area contributed by atoms with Crippen molar-refractivity contribution in [2.75, 3.05) is 11.1 Å². The molecule has 6 heteroatoms. The summed E-state index contributed by atoms with van der Waals surface area (Å²) in [6.45, 7) is 0. The highest BCUT2D eigenvalue weighted by Crippen LogP contribution is 2.26. The van der Waals surface area contributed by atoms with Crippen molar-refractivity contribution in [3.8, 4) is 0 Å². The standard InChI is InChI=1S/C13H9Cl2FN2O/c14-7-4-5-11(17)8(6-7)13(19)18-12-9(15)2-1-3-10(12)16/h1-6H,17H2,(H,18,19). The Bertz CT molecular complexity index is 626. The summed E-state index contributed by atoms with van der Waals surface area (Å²) in [5.41, 5.74) is 5.99. The number of benzene rings is 2. The van der Waals surface area contributed by atoms with Gasteiger partial charge in [-0.3, -0.25) is 4.79 Å². The van der Waals surface area contributed by atoms with E-state index in [1.54, 1.807) is 6.07 Å². The number of nitrogens with two attached hydrogens (primary N) is 1. The third-order valence-corrected chi connectivity index (χ3v) is 3.01. The molecule has 0 aliphatic rings. The van der Waals surface area contributed by atoms with E-state index >= 15 is 0 Å². The molecular formula is C13H9Cl2FN2O. The molecule has 19 heavy (non-hydrogen) atoms. The zero-order valence-electron chi connectivity index (χ0n) is 9.58. The molecule has 0 radical (unpaired) electrons. The molecule has 1 amide bonds. The van der Waals surface area contributed by atoms with Crippen LogP contribution in [0, 0.1) is 5.82 Å². The second kappa shape index (κ2) is 5.47. The second-order valence-electron chi connectivity index (χ2n) is 3.78. The predicted molar refractivity (Wildman–Crippen MR) is 75.2 cm³/mol. The Kier molecular flexibility index (Phi) is 3.93. The number of hydrogen-bond donors (Lipinski definition) is 2. The first-order valence-corrected chi connectivity index (χ1v) is 6.05. The highest BCUT2D eigenvalue weighted by Gasteiger charge is 2.14. The SMILES string of the molecule is Nc1ccc(Cl)cc1C(=O)Nc1c(F)cccc1Cl. The van der Waals surface area contributed by atoms with Gasteiger partial charge in [0.25, 0.3) is 5.91 Å². The molecule has 3 nitrogen and oxygen atoms in total. The van der Waals surface area contributed by atoms with Gasteiger partial charge in [-0.25, -0.2) is 4.39 Å². The van der Waals surface area contributed by atoms with E-state index in [4.69, 9.17) is 28.9 Å². The van der Waals surface area contributed by atoms with Crippen LogP contribution in [0.5, 0.6) is 0 Å². The van der Waals surface area contributed by atoms with Crippen LogP contribution in [-0.2, 0) is 0 Å². The lowest BCUT2D eigenvalue weighted by Crippen LogP contribution is -2.15. The van der Waals surface area contributed by atoms with Crippen LogP contribution in [0.25, 0.3) is 0 Å². The van der Waals surface area contributed by atoms with Crippen molar-refractivity contribution in [1.82, 2.24) is 0 Å². The molecule has 0 fully saturated rings. The molecule has 0 unspecified atom stereocenters. The van der Waals surface area contributed by atoms with E-state index in [1.165, 1.54) is 30.3 Å². The molecule has 2 rings (SSSR count). The normalized spacial score (nSPS) is 10.3. The van der Waals surface area contributed by atoms with Crippen molar-refractivity contribution >= 4 is 40.5 Å². The first-order valence-electron chi connectivity index (χ1n) is 5.29. The van der Waals surface area contributed by atoms with Gasteiger partial charge >= 0.3 is 0 Å². The number of rotatable bonds is 2. The molecule has 2 aromatic carbocycles. The third-order valence-electron chi connectivity index (χ3n) is 2.46. The van der Waals surface area contributed by atoms with Gasteiger partial charge in [-0.2, -0.15) is 0 Å². The summed E-state index contributed by atoms with van der Waals surface area (Å²) < 4.78 is 13.5. The first kappa shape index (κ1) is 13.6. The molecule has 0 aliphatic heterocycles. The van der Waals surface area contributed by atoms with Crippen molar-refractivity contribution in [3.63, 3.8) is 0 Å². The lowest BCUT2D eigenvalue weighted by atomic mass is 10.1. The van der Waals surface area contributed by atoms with Crippen molar-refractivity contribution in [3.05, 3.63) is 57.8 Å². The number of nitrogen functional groups attached to an aromatic ring is 1. The average molecular weight is 299 g/mol. The Balaban J connectivity index is 2.34. The van der Waals surface area contributed by atoms with E-state index in [2.05, 4.69) is 5.32 Å². The molecular weight excluding hydrogens is 290 g/mol. The van der Waals surface area contributed by atoms with Crippen LogP contribution in [0.1, 0.15) is 10.4 Å². The maximum absolute atomic E-state index is 13.5. The van der Waals surface area contributed by atoms with Gasteiger partial charge in [-0.15, -0.1) is 0 Å². The van der Waals surface area contributed by atoms with Crippen molar-refractivity contribution in [2.24, 2.45) is 0 Å². The van der Waals surface area contributed by atoms with E-state index < -0.39 is 11.7 Å². The molecule has 98 valence electrons. The van der Waals surface area contributed by atoms with E-state index in [1.807, 2.05) is 0 Å². The van der Waals surface area contributed by atoms with E-state index in [9.17, 15) is 9.18 Å². The molecule has 0 spiro atoms. The smallest absolute Gasteiger partial charge is 0.257 e. The van der Waals surface area contributed by atoms with E-state index in [-0.39, 0.29) is 22.0 Å². The van der Waals surface area contributed by atoms with Gasteiger partial charge < -0.3 is 11.1 Å². The molecule has 0 saturated heterocycles. The Hall–Kier alpha value is -1.78. The quantitative estimate of drug-likeness (QED) is 0.824. The fourth-order valence-electron chi connectivity index (χ4n) is 1.52. The number of para-hydroxylation sites is 1. The summed E-state index contributed by atoms with van der Waals surface area (Å²) in [6, 6.07) is 8.58. The third kappa shape index (κ3) is 2.97. The summed E-state index contributed by atoms with van der Waals surface area (Å²) in [5, 5.41) is 2.84. The summed E-state index contributed by atoms with van der Waals surface area (Å²) in [7, 11) is 0. The fourth-order valence-corrected chi connectivity index (χ4v) is 1.91. The molecule has 0 bridgehead atoms. The second-order valence-corrected chi connectivity index (χ2v) is 4.63. The summed E-state index contributed by atoms with van der Waals surface area (Å²) in [6.07, 6.45) is 0. The Morgan fingerprint density at radius 3 is 2.63 bits per heavy atom. The summed E-state index contributed by atoms with van der Waals surface area (Å²) in [5.74, 6) is -1.20. The van der Waals surface area contributed by atoms with Crippen LogP contribution in [-0.4, -0.2) is 5.91 Å². The van der Waals surface area contributed by atoms with Crippen LogP contribution >= 0.6 is 23.2 Å². The number of halogens is 3. The van der Waals surface area contributed by atoms with E-state index in [0.29, 0.717) is 5.02 Å². The monoisotopic (exact) mass is 298 g/mol. The minimum absolute atomic E-state index is 0.0893. The Morgan fingerprint density at radius 2 is 1.95 bits per heavy atom. The van der Waals surface area contributed by atoms with Gasteiger partial charge in [0.2, 0.25) is 0 Å². The number of hydrogen-bond acceptors (Lipinski definition) is 2. The summed E-state index contributed by atoms with van der Waals surface area (Å²) in [4.78, 5) is 12.0. The lowest BCUT2D eigenvalue weighted by molar-refractivity contribution is 0.102. The number of anilines is 2. The number of nitrogens with one attached hydrogen (secondary N) is 1. The minimum atomic E-state index is -0.624. The van der Waals surface area contributed by atoms with Gasteiger partial charge in [0, 0.05) is 10.7 Å². The average Bonchev–Trinajstić information content (AvgIpc) is 2.37. The highest BCUT2D eigenvalue weighted by atomic mass is 35.5. The molecule has 0 aliphatic carbocycles. The maximum Gasteiger partial charge on any atom is 0.257 e. The first-order chi connectivity index (χ1) is 8.99. The Labute approximate surface area is 119 Å². The van der Waals surface area contributed by atoms with Crippen molar-refractivity contribution < 1.29 is 9.18 Å². The van der Waals surface area contributed by atoms with Crippen LogP contribution in [0.4, 0.5) is 15.8 Å². The zero-order valence-corrected chi connectivity index (χ0v) is 11.1. The van der Waals surface area contributed by atoms with Crippen molar-refractivity contribution in [2.45, 2.75) is 0 Å². The predicted octanol–water partition coefficient (Wildman–Crippen LogP) is 3.97. The molecule has 2 aromatic rings. The molecule has 0 heterocycles. The topological polar surface area (TPSA) is 55.1 Å². The van der Waals surface area contributed by atoms with Gasteiger partial charge in [-0.05, 0) is 30.3 Å².